The van der Waals surface area contributed by atoms with E-state index in [1.165, 1.54) is 6.92 Å². The lowest BCUT2D eigenvalue weighted by atomic mass is 9.89. The molecule has 0 aliphatic heterocycles. The third kappa shape index (κ3) is 2.36. The molecule has 76 valence electrons. The van der Waals surface area contributed by atoms with Crippen molar-refractivity contribution in [2.75, 3.05) is 0 Å². The zero-order chi connectivity index (χ0) is 10.7. The van der Waals surface area contributed by atoms with Crippen LogP contribution in [-0.2, 0) is 9.53 Å². The van der Waals surface area contributed by atoms with E-state index >= 15 is 0 Å². The molecule has 1 N–H and O–H groups in total. The van der Waals surface area contributed by atoms with E-state index in [4.69, 9.17) is 11.2 Å². The maximum atomic E-state index is 10.8. The molecule has 3 nitrogen and oxygen atoms in total. The highest BCUT2D eigenvalue weighted by atomic mass is 16.5. The van der Waals surface area contributed by atoms with E-state index in [0.29, 0.717) is 12.8 Å². The minimum Gasteiger partial charge on any atom is -0.458 e. The summed E-state index contributed by atoms with van der Waals surface area (Å²) in [6.45, 7) is 3.19. The Hall–Kier alpha value is -1.27. The van der Waals surface area contributed by atoms with Crippen LogP contribution in [0.25, 0.3) is 0 Å². The molecular formula is C11H14O3. The van der Waals surface area contributed by atoms with Crippen LogP contribution in [0.2, 0.25) is 0 Å². The standard InChI is InChI=1S/C11H14O3/c1-4-9-5-10(13)6-11(7(9)2)14-8(3)12/h1,10-11,13H,5-6H2,2-3H3/t10-,11+/m0/s1. The summed E-state index contributed by atoms with van der Waals surface area (Å²) in [5.74, 6) is 2.17. The molecule has 0 amide bonds. The van der Waals surface area contributed by atoms with Crippen molar-refractivity contribution in [3.63, 3.8) is 0 Å². The van der Waals surface area contributed by atoms with Crippen molar-refractivity contribution in [2.24, 2.45) is 0 Å². The Morgan fingerprint density at radius 2 is 2.36 bits per heavy atom. The van der Waals surface area contributed by atoms with Crippen LogP contribution in [0.5, 0.6) is 0 Å². The van der Waals surface area contributed by atoms with Crippen LogP contribution in [0, 0.1) is 12.3 Å². The van der Waals surface area contributed by atoms with Crippen molar-refractivity contribution in [3.05, 3.63) is 11.1 Å². The van der Waals surface area contributed by atoms with E-state index in [0.717, 1.165) is 11.1 Å². The number of hydrogen-bond donors (Lipinski definition) is 1. The van der Waals surface area contributed by atoms with Gasteiger partial charge in [0.05, 0.1) is 6.10 Å². The molecule has 0 saturated heterocycles. The van der Waals surface area contributed by atoms with Crippen molar-refractivity contribution in [3.8, 4) is 12.3 Å². The van der Waals surface area contributed by atoms with Crippen molar-refractivity contribution in [2.45, 2.75) is 38.9 Å². The van der Waals surface area contributed by atoms with Gasteiger partial charge in [-0.2, -0.15) is 0 Å². The van der Waals surface area contributed by atoms with E-state index in [2.05, 4.69) is 5.92 Å². The predicted octanol–water partition coefficient (Wildman–Crippen LogP) is 1.02. The molecule has 1 rings (SSSR count). The second kappa shape index (κ2) is 4.30. The number of aliphatic hydroxyl groups excluding tert-OH is 1. The van der Waals surface area contributed by atoms with Gasteiger partial charge in [0.15, 0.2) is 0 Å². The predicted molar refractivity (Wildman–Crippen MR) is 52.3 cm³/mol. The Morgan fingerprint density at radius 3 is 2.86 bits per heavy atom. The van der Waals surface area contributed by atoms with Gasteiger partial charge in [0.2, 0.25) is 0 Å². The Labute approximate surface area is 83.8 Å². The first-order valence-corrected chi connectivity index (χ1v) is 4.56. The molecule has 0 saturated carbocycles. The van der Waals surface area contributed by atoms with E-state index in [1.54, 1.807) is 0 Å². The maximum absolute atomic E-state index is 10.8. The van der Waals surface area contributed by atoms with Gasteiger partial charge < -0.3 is 9.84 Å². The lowest BCUT2D eigenvalue weighted by Crippen LogP contribution is -2.29. The number of carbonyl (C=O) groups is 1. The van der Waals surface area contributed by atoms with Gasteiger partial charge in [0.1, 0.15) is 6.10 Å². The Morgan fingerprint density at radius 1 is 1.71 bits per heavy atom. The number of esters is 1. The molecule has 0 spiro atoms. The summed E-state index contributed by atoms with van der Waals surface area (Å²) >= 11 is 0. The van der Waals surface area contributed by atoms with Gasteiger partial charge >= 0.3 is 5.97 Å². The minimum atomic E-state index is -0.505. The molecular weight excluding hydrogens is 180 g/mol. The summed E-state index contributed by atoms with van der Waals surface area (Å²) in [4.78, 5) is 10.8. The summed E-state index contributed by atoms with van der Waals surface area (Å²) in [5, 5.41) is 9.49. The second-order valence-corrected chi connectivity index (χ2v) is 3.50. The van der Waals surface area contributed by atoms with Gasteiger partial charge in [-0.3, -0.25) is 4.79 Å². The van der Waals surface area contributed by atoms with E-state index < -0.39 is 6.10 Å². The van der Waals surface area contributed by atoms with Crippen LogP contribution in [0.15, 0.2) is 11.1 Å². The maximum Gasteiger partial charge on any atom is 0.303 e. The smallest absolute Gasteiger partial charge is 0.303 e. The zero-order valence-corrected chi connectivity index (χ0v) is 8.41. The highest BCUT2D eigenvalue weighted by Gasteiger charge is 2.26. The van der Waals surface area contributed by atoms with Crippen LogP contribution >= 0.6 is 0 Å². The zero-order valence-electron chi connectivity index (χ0n) is 8.41. The molecule has 3 heteroatoms. The topological polar surface area (TPSA) is 46.5 Å². The fourth-order valence-corrected chi connectivity index (χ4v) is 1.61. The molecule has 1 aliphatic carbocycles. The van der Waals surface area contributed by atoms with E-state index in [1.807, 2.05) is 6.92 Å². The van der Waals surface area contributed by atoms with Crippen LogP contribution < -0.4 is 0 Å². The molecule has 0 unspecified atom stereocenters. The highest BCUT2D eigenvalue weighted by Crippen LogP contribution is 2.26. The van der Waals surface area contributed by atoms with Crippen LogP contribution in [0.4, 0.5) is 0 Å². The molecule has 0 aromatic rings. The number of carbonyl (C=O) groups excluding carboxylic acids is 1. The first-order chi connectivity index (χ1) is 6.54. The fraction of sp³-hybridized carbons (Fsp3) is 0.545. The minimum absolute atomic E-state index is 0.347. The number of ether oxygens (including phenoxy) is 1. The Bertz CT molecular complexity index is 309. The highest BCUT2D eigenvalue weighted by molar-refractivity contribution is 5.66. The van der Waals surface area contributed by atoms with Crippen LogP contribution in [0.3, 0.4) is 0 Å². The monoisotopic (exact) mass is 194 g/mol. The van der Waals surface area contributed by atoms with Crippen molar-refractivity contribution < 1.29 is 14.6 Å². The first-order valence-electron chi connectivity index (χ1n) is 4.56. The average molecular weight is 194 g/mol. The number of rotatable bonds is 1. The van der Waals surface area contributed by atoms with Crippen molar-refractivity contribution in [1.29, 1.82) is 0 Å². The fourth-order valence-electron chi connectivity index (χ4n) is 1.61. The molecule has 0 radical (unpaired) electrons. The molecule has 1 aliphatic rings. The molecule has 14 heavy (non-hydrogen) atoms. The van der Waals surface area contributed by atoms with Crippen LogP contribution in [0.1, 0.15) is 26.7 Å². The molecule has 0 aromatic carbocycles. The molecule has 0 fully saturated rings. The number of aliphatic hydroxyl groups is 1. The summed E-state index contributed by atoms with van der Waals surface area (Å²) < 4.78 is 5.05. The number of terminal acetylenes is 1. The Kier molecular flexibility index (Phi) is 3.32. The summed E-state index contributed by atoms with van der Waals surface area (Å²) in [5.41, 5.74) is 1.63. The third-order valence-electron chi connectivity index (χ3n) is 2.37. The van der Waals surface area contributed by atoms with Gasteiger partial charge in [0, 0.05) is 25.3 Å². The quantitative estimate of drug-likeness (QED) is 0.501. The Balaban J connectivity index is 2.85. The lowest BCUT2D eigenvalue weighted by molar-refractivity contribution is -0.146. The van der Waals surface area contributed by atoms with Gasteiger partial charge in [-0.1, -0.05) is 5.92 Å². The van der Waals surface area contributed by atoms with Gasteiger partial charge in [0.25, 0.3) is 0 Å². The SMILES string of the molecule is C#CC1=C(C)[C@H](OC(C)=O)C[C@@H](O)C1. The molecule has 0 heterocycles. The van der Waals surface area contributed by atoms with Crippen molar-refractivity contribution in [1.82, 2.24) is 0 Å². The van der Waals surface area contributed by atoms with Gasteiger partial charge in [-0.25, -0.2) is 0 Å². The lowest BCUT2D eigenvalue weighted by Gasteiger charge is -2.27. The van der Waals surface area contributed by atoms with Crippen LogP contribution in [-0.4, -0.2) is 23.3 Å². The van der Waals surface area contributed by atoms with Gasteiger partial charge in [-0.15, -0.1) is 6.42 Å². The summed E-state index contributed by atoms with van der Waals surface area (Å²) in [6, 6.07) is 0. The third-order valence-corrected chi connectivity index (χ3v) is 2.37. The normalized spacial score (nSPS) is 27.0. The summed E-state index contributed by atoms with van der Waals surface area (Å²) in [7, 11) is 0. The number of hydrogen-bond acceptors (Lipinski definition) is 3. The van der Waals surface area contributed by atoms with E-state index in [-0.39, 0.29) is 12.1 Å². The largest absolute Gasteiger partial charge is 0.458 e. The second-order valence-electron chi connectivity index (χ2n) is 3.50. The average Bonchev–Trinajstić information content (AvgIpc) is 2.09. The molecule has 0 bridgehead atoms. The molecule has 0 aromatic heterocycles. The van der Waals surface area contributed by atoms with E-state index in [9.17, 15) is 9.90 Å². The first kappa shape index (κ1) is 10.8. The summed E-state index contributed by atoms with van der Waals surface area (Å²) in [6.07, 6.45) is 5.35. The van der Waals surface area contributed by atoms with Crippen molar-refractivity contribution >= 4 is 5.97 Å². The molecule has 2 atom stereocenters. The van der Waals surface area contributed by atoms with Gasteiger partial charge in [-0.05, 0) is 12.5 Å².